The smallest absolute Gasteiger partial charge is 0.00174 e. The minimum Gasteiger partial charge on any atom is -0.330 e. The van der Waals surface area contributed by atoms with Crippen LogP contribution < -0.4 is 11.1 Å². The highest BCUT2D eigenvalue weighted by Gasteiger charge is 1.92. The number of nitrogens with two attached hydrogens (primary N) is 1. The van der Waals surface area contributed by atoms with Crippen molar-refractivity contribution in [2.45, 2.75) is 77.6 Å². The summed E-state index contributed by atoms with van der Waals surface area (Å²) in [5, 5.41) is 3.49. The second kappa shape index (κ2) is 16.9. The monoisotopic (exact) mass is 255 g/mol. The van der Waals surface area contributed by atoms with Gasteiger partial charge in [-0.25, -0.2) is 0 Å². The zero-order chi connectivity index (χ0) is 13.3. The van der Waals surface area contributed by atoms with Gasteiger partial charge < -0.3 is 11.1 Å². The fourth-order valence-electron chi connectivity index (χ4n) is 2.12. The molecule has 0 atom stereocenters. The van der Waals surface area contributed by atoms with Gasteiger partial charge in [-0.2, -0.15) is 0 Å². The molecule has 0 fully saturated rings. The van der Waals surface area contributed by atoms with Gasteiger partial charge in [0.15, 0.2) is 0 Å². The van der Waals surface area contributed by atoms with Crippen molar-refractivity contribution in [1.29, 1.82) is 0 Å². The molecule has 0 heterocycles. The number of hydrogen-bond donors (Lipinski definition) is 2. The van der Waals surface area contributed by atoms with Crippen LogP contribution in [-0.4, -0.2) is 19.6 Å². The molecular weight excluding hydrogens is 220 g/mol. The molecule has 0 aromatic heterocycles. The van der Waals surface area contributed by atoms with E-state index in [1.807, 2.05) is 0 Å². The van der Waals surface area contributed by atoms with Crippen molar-refractivity contribution < 1.29 is 0 Å². The molecule has 0 unspecified atom stereocenters. The molecule has 3 N–H and O–H groups in total. The molecule has 18 heavy (non-hydrogen) atoms. The van der Waals surface area contributed by atoms with E-state index in [0.29, 0.717) is 0 Å². The Morgan fingerprint density at radius 1 is 0.833 bits per heavy atom. The summed E-state index contributed by atoms with van der Waals surface area (Å²) < 4.78 is 0. The Labute approximate surface area is 115 Å². The largest absolute Gasteiger partial charge is 0.330 e. The minimum absolute atomic E-state index is 0.833. The number of hydrogen-bond acceptors (Lipinski definition) is 2. The van der Waals surface area contributed by atoms with Crippen LogP contribution >= 0.6 is 0 Å². The van der Waals surface area contributed by atoms with E-state index in [1.165, 1.54) is 70.8 Å². The molecule has 0 saturated carbocycles. The summed E-state index contributed by atoms with van der Waals surface area (Å²) in [6, 6.07) is 0. The molecule has 0 aliphatic rings. The van der Waals surface area contributed by atoms with Gasteiger partial charge in [-0.1, -0.05) is 58.3 Å². The second-order valence-corrected chi connectivity index (χ2v) is 5.25. The van der Waals surface area contributed by atoms with E-state index in [9.17, 15) is 0 Å². The van der Waals surface area contributed by atoms with Gasteiger partial charge in [0, 0.05) is 0 Å². The average molecular weight is 255 g/mol. The molecule has 0 bridgehead atoms. The summed E-state index contributed by atoms with van der Waals surface area (Å²) in [6.07, 6.45) is 17.2. The Bertz CT molecular complexity index is 121. The quantitative estimate of drug-likeness (QED) is 0.433. The topological polar surface area (TPSA) is 38.0 Å². The van der Waals surface area contributed by atoms with Crippen molar-refractivity contribution in [3.63, 3.8) is 0 Å². The summed E-state index contributed by atoms with van der Waals surface area (Å²) in [6.45, 7) is 5.36. The third-order valence-corrected chi connectivity index (χ3v) is 3.36. The summed E-state index contributed by atoms with van der Waals surface area (Å²) in [7, 11) is 0. The molecule has 0 aliphatic carbocycles. The third kappa shape index (κ3) is 15.9. The zero-order valence-electron chi connectivity index (χ0n) is 12.6. The Balaban J connectivity index is 2.86. The molecule has 0 amide bonds. The van der Waals surface area contributed by atoms with Gasteiger partial charge in [0.1, 0.15) is 0 Å². The molecule has 2 heteroatoms. The van der Waals surface area contributed by atoms with Gasteiger partial charge in [0.25, 0.3) is 0 Å². The average Bonchev–Trinajstić information content (AvgIpc) is 2.39. The summed E-state index contributed by atoms with van der Waals surface area (Å²) in [4.78, 5) is 0. The van der Waals surface area contributed by atoms with Crippen LogP contribution in [0, 0.1) is 6.42 Å². The molecule has 0 aromatic rings. The molecule has 0 spiro atoms. The second-order valence-electron chi connectivity index (χ2n) is 5.25. The molecule has 109 valence electrons. The van der Waals surface area contributed by atoms with E-state index < -0.39 is 0 Å². The highest BCUT2D eigenvalue weighted by Crippen LogP contribution is 2.07. The molecule has 0 saturated heterocycles. The first-order chi connectivity index (χ1) is 8.91. The van der Waals surface area contributed by atoms with E-state index in [-0.39, 0.29) is 0 Å². The van der Waals surface area contributed by atoms with Crippen LogP contribution in [0.3, 0.4) is 0 Å². The molecule has 1 radical (unpaired) electrons. The normalized spacial score (nSPS) is 11.0. The Morgan fingerprint density at radius 3 is 2.17 bits per heavy atom. The fourth-order valence-corrected chi connectivity index (χ4v) is 2.12. The van der Waals surface area contributed by atoms with Crippen LogP contribution in [0.5, 0.6) is 0 Å². The van der Waals surface area contributed by atoms with Gasteiger partial charge in [0.2, 0.25) is 0 Å². The lowest BCUT2D eigenvalue weighted by atomic mass is 10.1. The van der Waals surface area contributed by atoms with Crippen molar-refractivity contribution in [3.8, 4) is 0 Å². The van der Waals surface area contributed by atoms with Crippen molar-refractivity contribution in [2.75, 3.05) is 19.6 Å². The van der Waals surface area contributed by atoms with Crippen LogP contribution in [0.25, 0.3) is 0 Å². The predicted octanol–water partition coefficient (Wildman–Crippen LogP) is 4.05. The predicted molar refractivity (Wildman–Crippen MR) is 82.7 cm³/mol. The van der Waals surface area contributed by atoms with Crippen LogP contribution in [-0.2, 0) is 0 Å². The first kappa shape index (κ1) is 17.9. The van der Waals surface area contributed by atoms with Crippen LogP contribution in [0.4, 0.5) is 0 Å². The van der Waals surface area contributed by atoms with Crippen molar-refractivity contribution in [1.82, 2.24) is 5.32 Å². The molecule has 0 rings (SSSR count). The van der Waals surface area contributed by atoms with Gasteiger partial charge >= 0.3 is 0 Å². The lowest BCUT2D eigenvalue weighted by Gasteiger charge is -2.04. The number of unbranched alkanes of at least 4 members (excludes halogenated alkanes) is 10. The SMILES string of the molecule is CCCCCCCCCCNC[CH]CCCCN. The third-order valence-electron chi connectivity index (χ3n) is 3.36. The van der Waals surface area contributed by atoms with Crippen LogP contribution in [0.2, 0.25) is 0 Å². The van der Waals surface area contributed by atoms with Gasteiger partial charge in [0.05, 0.1) is 0 Å². The highest BCUT2D eigenvalue weighted by atomic mass is 14.8. The maximum absolute atomic E-state index is 5.45. The summed E-state index contributed by atoms with van der Waals surface area (Å²) >= 11 is 0. The van der Waals surface area contributed by atoms with E-state index >= 15 is 0 Å². The minimum atomic E-state index is 0.833. The lowest BCUT2D eigenvalue weighted by Crippen LogP contribution is -2.17. The van der Waals surface area contributed by atoms with Crippen LogP contribution in [0.1, 0.15) is 77.6 Å². The van der Waals surface area contributed by atoms with Crippen LogP contribution in [0.15, 0.2) is 0 Å². The standard InChI is InChI=1S/C16H35N2/c1-2-3-4-5-6-7-9-12-15-18-16-13-10-8-11-14-17/h13,18H,2-12,14-17H2,1H3. The molecular formula is C16H35N2. The van der Waals surface area contributed by atoms with Gasteiger partial charge in [-0.15, -0.1) is 0 Å². The number of nitrogens with one attached hydrogen (secondary N) is 1. The molecule has 0 aliphatic heterocycles. The van der Waals surface area contributed by atoms with Gasteiger partial charge in [-0.3, -0.25) is 0 Å². The first-order valence-corrected chi connectivity index (χ1v) is 8.14. The molecule has 0 aromatic carbocycles. The van der Waals surface area contributed by atoms with Crippen molar-refractivity contribution >= 4 is 0 Å². The maximum atomic E-state index is 5.45. The first-order valence-electron chi connectivity index (χ1n) is 8.14. The number of rotatable bonds is 15. The van der Waals surface area contributed by atoms with Crippen molar-refractivity contribution in [3.05, 3.63) is 6.42 Å². The Hall–Kier alpha value is -0.0800. The van der Waals surface area contributed by atoms with Gasteiger partial charge in [-0.05, 0) is 45.3 Å². The summed E-state index contributed by atoms with van der Waals surface area (Å²) in [5.41, 5.74) is 5.45. The Morgan fingerprint density at radius 2 is 1.50 bits per heavy atom. The van der Waals surface area contributed by atoms with E-state index in [2.05, 4.69) is 18.7 Å². The molecule has 2 nitrogen and oxygen atoms in total. The lowest BCUT2D eigenvalue weighted by molar-refractivity contribution is 0.559. The van der Waals surface area contributed by atoms with Crippen molar-refractivity contribution in [2.24, 2.45) is 5.73 Å². The van der Waals surface area contributed by atoms with E-state index in [0.717, 1.165) is 19.5 Å². The Kier molecular flexibility index (Phi) is 16.8. The zero-order valence-corrected chi connectivity index (χ0v) is 12.6. The highest BCUT2D eigenvalue weighted by molar-refractivity contribution is 4.67. The maximum Gasteiger partial charge on any atom is -0.00174 e. The van der Waals surface area contributed by atoms with E-state index in [1.54, 1.807) is 0 Å². The fraction of sp³-hybridized carbons (Fsp3) is 0.938. The summed E-state index contributed by atoms with van der Waals surface area (Å²) in [5.74, 6) is 0. The van der Waals surface area contributed by atoms with E-state index in [4.69, 9.17) is 5.73 Å².